The maximum absolute atomic E-state index is 12.4. The maximum atomic E-state index is 12.4. The summed E-state index contributed by atoms with van der Waals surface area (Å²) >= 11 is 0. The number of aromatic nitrogens is 1. The van der Waals surface area contributed by atoms with Crippen LogP contribution in [0.4, 0.5) is 5.69 Å². The van der Waals surface area contributed by atoms with Crippen molar-refractivity contribution < 1.29 is 19.0 Å². The van der Waals surface area contributed by atoms with Crippen molar-refractivity contribution in [1.82, 2.24) is 4.98 Å². The molecule has 0 saturated heterocycles. The number of amides is 1. The molecule has 2 aromatic carbocycles. The van der Waals surface area contributed by atoms with Crippen molar-refractivity contribution in [3.63, 3.8) is 0 Å². The number of rotatable bonds is 6. The average Bonchev–Trinajstić information content (AvgIpc) is 2.81. The van der Waals surface area contributed by atoms with E-state index in [0.717, 1.165) is 11.1 Å². The standard InChI is InChI=1S/C25H22N2O4/c1-29-22-16-19(17-23(30-2)25(22)31-3)11-13-24(28)27-21-9-6-7-18(15-21)10-12-20-8-4-5-14-26-20/h4-9,11,13-17H,1-3H3,(H,27,28). The van der Waals surface area contributed by atoms with Crippen molar-refractivity contribution in [1.29, 1.82) is 0 Å². The lowest BCUT2D eigenvalue weighted by atomic mass is 10.1. The summed E-state index contributed by atoms with van der Waals surface area (Å²) in [6, 6.07) is 16.4. The molecule has 0 aliphatic heterocycles. The van der Waals surface area contributed by atoms with Crippen LogP contribution in [0.15, 0.2) is 66.9 Å². The Labute approximate surface area is 181 Å². The molecule has 3 aromatic rings. The van der Waals surface area contributed by atoms with Crippen molar-refractivity contribution in [3.8, 4) is 29.1 Å². The molecule has 6 heteroatoms. The van der Waals surface area contributed by atoms with Crippen LogP contribution in [-0.2, 0) is 4.79 Å². The van der Waals surface area contributed by atoms with Gasteiger partial charge >= 0.3 is 0 Å². The molecule has 0 fully saturated rings. The Morgan fingerprint density at radius 2 is 1.71 bits per heavy atom. The number of nitrogens with one attached hydrogen (secondary N) is 1. The molecule has 1 aromatic heterocycles. The van der Waals surface area contributed by atoms with E-state index in [2.05, 4.69) is 22.1 Å². The number of ether oxygens (including phenoxy) is 3. The quantitative estimate of drug-likeness (QED) is 0.485. The highest BCUT2D eigenvalue weighted by Crippen LogP contribution is 2.38. The Hall–Kier alpha value is -4.24. The van der Waals surface area contributed by atoms with Crippen LogP contribution in [0.3, 0.4) is 0 Å². The molecule has 6 nitrogen and oxygen atoms in total. The van der Waals surface area contributed by atoms with Crippen LogP contribution in [0, 0.1) is 11.8 Å². The van der Waals surface area contributed by atoms with Crippen molar-refractivity contribution >= 4 is 17.7 Å². The Bertz CT molecular complexity index is 1120. The number of hydrogen-bond acceptors (Lipinski definition) is 5. The van der Waals surface area contributed by atoms with Gasteiger partial charge in [0.05, 0.1) is 21.3 Å². The summed E-state index contributed by atoms with van der Waals surface area (Å²) in [5.41, 5.74) is 2.84. The molecular weight excluding hydrogens is 392 g/mol. The third-order valence-electron chi connectivity index (χ3n) is 4.24. The average molecular weight is 414 g/mol. The molecule has 0 spiro atoms. The number of anilines is 1. The number of nitrogens with zero attached hydrogens (tertiary/aromatic N) is 1. The summed E-state index contributed by atoms with van der Waals surface area (Å²) in [5, 5.41) is 2.83. The third-order valence-corrected chi connectivity index (χ3v) is 4.24. The van der Waals surface area contributed by atoms with Gasteiger partial charge in [-0.2, -0.15) is 0 Å². The monoisotopic (exact) mass is 414 g/mol. The van der Waals surface area contributed by atoms with E-state index in [1.165, 1.54) is 13.2 Å². The van der Waals surface area contributed by atoms with Gasteiger partial charge in [0, 0.05) is 23.5 Å². The van der Waals surface area contributed by atoms with Crippen LogP contribution >= 0.6 is 0 Å². The summed E-state index contributed by atoms with van der Waals surface area (Å²) < 4.78 is 16.0. The number of carbonyl (C=O) groups excluding carboxylic acids is 1. The van der Waals surface area contributed by atoms with Gasteiger partial charge in [0.15, 0.2) is 11.5 Å². The predicted molar refractivity (Wildman–Crippen MR) is 120 cm³/mol. The first-order valence-electron chi connectivity index (χ1n) is 9.45. The van der Waals surface area contributed by atoms with Gasteiger partial charge in [-0.15, -0.1) is 0 Å². The van der Waals surface area contributed by atoms with E-state index in [1.54, 1.807) is 50.8 Å². The zero-order valence-corrected chi connectivity index (χ0v) is 17.5. The highest BCUT2D eigenvalue weighted by molar-refractivity contribution is 6.02. The fraction of sp³-hybridized carbons (Fsp3) is 0.120. The zero-order valence-electron chi connectivity index (χ0n) is 17.5. The second-order valence-corrected chi connectivity index (χ2v) is 6.33. The lowest BCUT2D eigenvalue weighted by Gasteiger charge is -2.12. The predicted octanol–water partition coefficient (Wildman–Crippen LogP) is 4.16. The first-order chi connectivity index (χ1) is 15.1. The molecule has 1 heterocycles. The Balaban J connectivity index is 1.71. The van der Waals surface area contributed by atoms with Gasteiger partial charge in [-0.05, 0) is 60.0 Å². The summed E-state index contributed by atoms with van der Waals surface area (Å²) in [5.74, 6) is 7.30. The van der Waals surface area contributed by atoms with Gasteiger partial charge < -0.3 is 19.5 Å². The van der Waals surface area contributed by atoms with Crippen LogP contribution < -0.4 is 19.5 Å². The second kappa shape index (κ2) is 10.5. The largest absolute Gasteiger partial charge is 0.493 e. The van der Waals surface area contributed by atoms with Crippen molar-refractivity contribution in [2.45, 2.75) is 0 Å². The molecule has 0 atom stereocenters. The number of hydrogen-bond donors (Lipinski definition) is 1. The normalized spacial score (nSPS) is 10.2. The van der Waals surface area contributed by atoms with Gasteiger partial charge in [-0.3, -0.25) is 4.79 Å². The van der Waals surface area contributed by atoms with E-state index in [1.807, 2.05) is 30.3 Å². The van der Waals surface area contributed by atoms with E-state index in [0.29, 0.717) is 28.6 Å². The molecule has 0 aliphatic carbocycles. The minimum atomic E-state index is -0.274. The van der Waals surface area contributed by atoms with E-state index in [-0.39, 0.29) is 5.91 Å². The van der Waals surface area contributed by atoms with Gasteiger partial charge in [-0.1, -0.05) is 18.1 Å². The minimum absolute atomic E-state index is 0.274. The Morgan fingerprint density at radius 1 is 0.935 bits per heavy atom. The molecule has 1 N–H and O–H groups in total. The number of carbonyl (C=O) groups is 1. The van der Waals surface area contributed by atoms with Crippen LogP contribution in [0.1, 0.15) is 16.8 Å². The Morgan fingerprint density at radius 3 is 2.35 bits per heavy atom. The molecule has 0 saturated carbocycles. The van der Waals surface area contributed by atoms with Crippen LogP contribution in [-0.4, -0.2) is 32.2 Å². The summed E-state index contributed by atoms with van der Waals surface area (Å²) in [6.07, 6.45) is 4.80. The molecule has 1 amide bonds. The highest BCUT2D eigenvalue weighted by atomic mass is 16.5. The van der Waals surface area contributed by atoms with Crippen LogP contribution in [0.25, 0.3) is 6.08 Å². The fourth-order valence-electron chi connectivity index (χ4n) is 2.80. The molecule has 0 unspecified atom stereocenters. The molecule has 0 aliphatic rings. The molecule has 0 radical (unpaired) electrons. The van der Waals surface area contributed by atoms with Crippen molar-refractivity contribution in [3.05, 3.63) is 83.7 Å². The van der Waals surface area contributed by atoms with E-state index in [9.17, 15) is 4.79 Å². The van der Waals surface area contributed by atoms with E-state index < -0.39 is 0 Å². The maximum Gasteiger partial charge on any atom is 0.248 e. The first-order valence-corrected chi connectivity index (χ1v) is 9.45. The number of benzene rings is 2. The smallest absolute Gasteiger partial charge is 0.248 e. The number of pyridine rings is 1. The molecular formula is C25H22N2O4. The summed E-state index contributed by atoms with van der Waals surface area (Å²) in [6.45, 7) is 0. The zero-order chi connectivity index (χ0) is 22.1. The minimum Gasteiger partial charge on any atom is -0.493 e. The first kappa shape index (κ1) is 21.5. The fourth-order valence-corrected chi connectivity index (χ4v) is 2.80. The van der Waals surface area contributed by atoms with Gasteiger partial charge in [0.1, 0.15) is 5.69 Å². The van der Waals surface area contributed by atoms with E-state index >= 15 is 0 Å². The summed E-state index contributed by atoms with van der Waals surface area (Å²) in [4.78, 5) is 16.6. The molecule has 31 heavy (non-hydrogen) atoms. The van der Waals surface area contributed by atoms with Gasteiger partial charge in [-0.25, -0.2) is 4.98 Å². The molecule has 3 rings (SSSR count). The molecule has 0 bridgehead atoms. The topological polar surface area (TPSA) is 69.7 Å². The second-order valence-electron chi connectivity index (χ2n) is 6.33. The SMILES string of the molecule is COc1cc(C=CC(=O)Nc2cccc(C#Cc3ccccn3)c2)cc(OC)c1OC. The summed E-state index contributed by atoms with van der Waals surface area (Å²) in [7, 11) is 4.63. The van der Waals surface area contributed by atoms with Crippen molar-refractivity contribution in [2.75, 3.05) is 26.6 Å². The highest BCUT2D eigenvalue weighted by Gasteiger charge is 2.12. The Kier molecular flexibility index (Phi) is 7.28. The third kappa shape index (κ3) is 5.87. The van der Waals surface area contributed by atoms with Gasteiger partial charge in [0.25, 0.3) is 0 Å². The van der Waals surface area contributed by atoms with Crippen molar-refractivity contribution in [2.24, 2.45) is 0 Å². The number of methoxy groups -OCH3 is 3. The lowest BCUT2D eigenvalue weighted by Crippen LogP contribution is -2.07. The van der Waals surface area contributed by atoms with E-state index in [4.69, 9.17) is 14.2 Å². The van der Waals surface area contributed by atoms with Crippen LogP contribution in [0.2, 0.25) is 0 Å². The van der Waals surface area contributed by atoms with Gasteiger partial charge in [0.2, 0.25) is 11.7 Å². The molecule has 156 valence electrons. The lowest BCUT2D eigenvalue weighted by molar-refractivity contribution is -0.111. The van der Waals surface area contributed by atoms with Crippen LogP contribution in [0.5, 0.6) is 17.2 Å².